The van der Waals surface area contributed by atoms with Crippen molar-refractivity contribution in [3.8, 4) is 0 Å². The summed E-state index contributed by atoms with van der Waals surface area (Å²) in [7, 11) is 0. The summed E-state index contributed by atoms with van der Waals surface area (Å²) >= 11 is 0. The molecule has 0 aliphatic carbocycles. The summed E-state index contributed by atoms with van der Waals surface area (Å²) in [5, 5.41) is 0. The zero-order chi connectivity index (χ0) is 24.3. The van der Waals surface area contributed by atoms with Crippen LogP contribution < -0.4 is 0 Å². The van der Waals surface area contributed by atoms with E-state index in [2.05, 4.69) is 76.3 Å². The number of nitrogens with zero attached hydrogens (tertiary/aromatic N) is 1. The second kappa shape index (κ2) is 25.5. The molecule has 0 rings (SSSR count). The van der Waals surface area contributed by atoms with Crippen molar-refractivity contribution in [2.45, 2.75) is 130 Å². The van der Waals surface area contributed by atoms with Crippen LogP contribution in [0, 0.1) is 0 Å². The first-order valence-corrected chi connectivity index (χ1v) is 14.7. The van der Waals surface area contributed by atoms with E-state index in [0.717, 1.165) is 0 Å². The van der Waals surface area contributed by atoms with Crippen molar-refractivity contribution in [1.29, 1.82) is 0 Å². The van der Waals surface area contributed by atoms with Crippen LogP contribution in [0.25, 0.3) is 0 Å². The van der Waals surface area contributed by atoms with Gasteiger partial charge in [0.2, 0.25) is 0 Å². The molecule has 0 saturated carbocycles. The first-order valence-electron chi connectivity index (χ1n) is 14.7. The Morgan fingerprint density at radius 2 is 0.576 bits per heavy atom. The average molecular weight is 459 g/mol. The fourth-order valence-corrected chi connectivity index (χ4v) is 4.65. The highest BCUT2D eigenvalue weighted by Gasteiger charge is 2.25. The van der Waals surface area contributed by atoms with Gasteiger partial charge >= 0.3 is 0 Å². The second-order valence-corrected chi connectivity index (χ2v) is 9.74. The largest absolute Gasteiger partial charge is 0.324 e. The minimum Gasteiger partial charge on any atom is -0.324 e. The Balaban J connectivity index is 4.94. The maximum absolute atomic E-state index is 2.40. The molecule has 0 heterocycles. The van der Waals surface area contributed by atoms with E-state index in [9.17, 15) is 0 Å². The predicted octanol–water partition coefficient (Wildman–Crippen LogP) is 10.3. The van der Waals surface area contributed by atoms with Gasteiger partial charge < -0.3 is 4.48 Å². The molecule has 0 aliphatic rings. The lowest BCUT2D eigenvalue weighted by Gasteiger charge is -2.39. The fraction of sp³-hybridized carbons (Fsp3) is 0.750. The van der Waals surface area contributed by atoms with E-state index < -0.39 is 0 Å². The predicted molar refractivity (Wildman–Crippen MR) is 153 cm³/mol. The van der Waals surface area contributed by atoms with Crippen LogP contribution >= 0.6 is 0 Å². The zero-order valence-corrected chi connectivity index (χ0v) is 23.2. The van der Waals surface area contributed by atoms with Crippen molar-refractivity contribution < 1.29 is 4.48 Å². The lowest BCUT2D eigenvalue weighted by atomic mass is 10.1. The number of hydrogen-bond acceptors (Lipinski definition) is 0. The van der Waals surface area contributed by atoms with Crippen LogP contribution in [0.4, 0.5) is 0 Å². The molecule has 0 N–H and O–H groups in total. The molecule has 0 bridgehead atoms. The van der Waals surface area contributed by atoms with E-state index in [0.29, 0.717) is 0 Å². The molecule has 0 aliphatic heterocycles. The van der Waals surface area contributed by atoms with Crippen molar-refractivity contribution in [2.75, 3.05) is 26.2 Å². The molecule has 0 saturated heterocycles. The van der Waals surface area contributed by atoms with Crippen LogP contribution in [-0.2, 0) is 0 Å². The van der Waals surface area contributed by atoms with Gasteiger partial charge in [-0.25, -0.2) is 0 Å². The smallest absolute Gasteiger partial charge is 0.0786 e. The van der Waals surface area contributed by atoms with Gasteiger partial charge in [0.25, 0.3) is 0 Å². The molecule has 0 aromatic rings. The molecule has 0 amide bonds. The average Bonchev–Trinajstić information content (AvgIpc) is 2.83. The summed E-state index contributed by atoms with van der Waals surface area (Å²) in [5.41, 5.74) is 0. The molecule has 0 aromatic carbocycles. The first kappa shape index (κ1) is 31.9. The van der Waals surface area contributed by atoms with Crippen LogP contribution in [0.3, 0.4) is 0 Å². The molecule has 0 atom stereocenters. The molecular weight excluding hydrogens is 398 g/mol. The highest BCUT2D eigenvalue weighted by molar-refractivity contribution is 4.81. The van der Waals surface area contributed by atoms with E-state index in [4.69, 9.17) is 0 Å². The third kappa shape index (κ3) is 21.2. The standard InChI is InChI=1S/C32H60N/c1-5-9-13-17-21-25-29-33(30-26-22-18-14-10-6-2,31-27-23-19-15-11-7-3)32-28-24-20-16-12-8-4/h9-16H,5-8,17-32H2,1-4H3/q+1/b13-9+,14-10+,15-11+,16-12+. The SMILES string of the molecule is CC/C=C/CCCC[N+](CCCC/C=C/CC)(CCCC/C=C/CC)CCCC/C=C/CC. The van der Waals surface area contributed by atoms with Gasteiger partial charge in [0.15, 0.2) is 0 Å². The lowest BCUT2D eigenvalue weighted by Crippen LogP contribution is -2.50. The van der Waals surface area contributed by atoms with Crippen molar-refractivity contribution in [1.82, 2.24) is 0 Å². The van der Waals surface area contributed by atoms with E-state index in [1.54, 1.807) is 0 Å². The lowest BCUT2D eigenvalue weighted by molar-refractivity contribution is -0.929. The summed E-state index contributed by atoms with van der Waals surface area (Å²) in [4.78, 5) is 0. The maximum Gasteiger partial charge on any atom is 0.0786 e. The monoisotopic (exact) mass is 458 g/mol. The highest BCUT2D eigenvalue weighted by Crippen LogP contribution is 2.19. The third-order valence-electron chi connectivity index (χ3n) is 6.62. The molecular formula is C32H60N+. The molecule has 0 fully saturated rings. The van der Waals surface area contributed by atoms with Gasteiger partial charge in [-0.05, 0) is 103 Å². The highest BCUT2D eigenvalue weighted by atomic mass is 15.3. The third-order valence-corrected chi connectivity index (χ3v) is 6.62. The minimum absolute atomic E-state index is 1.17. The van der Waals surface area contributed by atoms with Gasteiger partial charge in [0, 0.05) is 0 Å². The number of unbranched alkanes of at least 4 members (excludes halogenated alkanes) is 8. The van der Waals surface area contributed by atoms with Crippen LogP contribution in [0.5, 0.6) is 0 Å². The molecule has 192 valence electrons. The van der Waals surface area contributed by atoms with Crippen LogP contribution in [-0.4, -0.2) is 30.7 Å². The molecule has 33 heavy (non-hydrogen) atoms. The molecule has 0 unspecified atom stereocenters. The first-order chi connectivity index (χ1) is 16.2. The molecule has 0 aromatic heterocycles. The quantitative estimate of drug-likeness (QED) is 0.0766. The molecule has 0 spiro atoms. The molecule has 1 nitrogen and oxygen atoms in total. The Bertz CT molecular complexity index is 403. The summed E-state index contributed by atoms with van der Waals surface area (Å²) < 4.78 is 1.38. The van der Waals surface area contributed by atoms with E-state index in [1.807, 2.05) is 0 Å². The summed E-state index contributed by atoms with van der Waals surface area (Å²) in [6, 6.07) is 0. The Morgan fingerprint density at radius 1 is 0.333 bits per heavy atom. The van der Waals surface area contributed by atoms with Gasteiger partial charge in [-0.15, -0.1) is 0 Å². The van der Waals surface area contributed by atoms with Crippen molar-refractivity contribution >= 4 is 0 Å². The fourth-order valence-electron chi connectivity index (χ4n) is 4.65. The number of allylic oxidation sites excluding steroid dienone is 8. The Labute approximate surface area is 209 Å². The summed E-state index contributed by atoms with van der Waals surface area (Å²) in [5.74, 6) is 0. The zero-order valence-electron chi connectivity index (χ0n) is 23.2. The Hall–Kier alpha value is -1.08. The van der Waals surface area contributed by atoms with Crippen LogP contribution in [0.1, 0.15) is 130 Å². The van der Waals surface area contributed by atoms with Crippen molar-refractivity contribution in [3.63, 3.8) is 0 Å². The maximum atomic E-state index is 2.40. The van der Waals surface area contributed by atoms with Gasteiger partial charge in [-0.2, -0.15) is 0 Å². The van der Waals surface area contributed by atoms with Gasteiger partial charge in [-0.1, -0.05) is 76.3 Å². The summed E-state index contributed by atoms with van der Waals surface area (Å²) in [6.45, 7) is 14.5. The van der Waals surface area contributed by atoms with Crippen LogP contribution in [0.15, 0.2) is 48.6 Å². The van der Waals surface area contributed by atoms with E-state index in [-0.39, 0.29) is 0 Å². The van der Waals surface area contributed by atoms with Crippen molar-refractivity contribution in [2.24, 2.45) is 0 Å². The number of hydrogen-bond donors (Lipinski definition) is 0. The van der Waals surface area contributed by atoms with E-state index >= 15 is 0 Å². The number of rotatable bonds is 24. The summed E-state index contributed by atoms with van der Waals surface area (Å²) in [6.07, 6.45) is 39.6. The molecule has 1 heteroatoms. The van der Waals surface area contributed by atoms with Crippen LogP contribution in [0.2, 0.25) is 0 Å². The van der Waals surface area contributed by atoms with Crippen molar-refractivity contribution in [3.05, 3.63) is 48.6 Å². The topological polar surface area (TPSA) is 0 Å². The van der Waals surface area contributed by atoms with Gasteiger partial charge in [0.1, 0.15) is 0 Å². The Kier molecular flexibility index (Phi) is 24.7. The number of quaternary nitrogens is 1. The van der Waals surface area contributed by atoms with Gasteiger partial charge in [-0.3, -0.25) is 0 Å². The minimum atomic E-state index is 1.17. The Morgan fingerprint density at radius 3 is 0.788 bits per heavy atom. The second-order valence-electron chi connectivity index (χ2n) is 9.74. The molecule has 0 radical (unpaired) electrons. The van der Waals surface area contributed by atoms with Gasteiger partial charge in [0.05, 0.1) is 26.2 Å². The normalized spacial score (nSPS) is 13.0. The van der Waals surface area contributed by atoms with E-state index in [1.165, 1.54) is 133 Å².